The van der Waals surface area contributed by atoms with E-state index >= 15 is 0 Å². The number of fused-ring (bicyclic) bond motifs is 1. The van der Waals surface area contributed by atoms with Gasteiger partial charge in [0, 0.05) is 11.6 Å². The molecule has 0 radical (unpaired) electrons. The molecule has 36 heavy (non-hydrogen) atoms. The summed E-state index contributed by atoms with van der Waals surface area (Å²) in [4.78, 5) is 10.8. The number of nitro groups is 1. The van der Waals surface area contributed by atoms with E-state index in [2.05, 4.69) is 15.2 Å². The Morgan fingerprint density at radius 2 is 1.61 bits per heavy atom. The third-order valence-electron chi connectivity index (χ3n) is 5.36. The van der Waals surface area contributed by atoms with Crippen molar-refractivity contribution in [3.8, 4) is 11.5 Å². The van der Waals surface area contributed by atoms with Crippen LogP contribution in [0.1, 0.15) is 5.56 Å². The highest BCUT2D eigenvalue weighted by Gasteiger charge is 2.22. The molecule has 0 atom stereocenters. The van der Waals surface area contributed by atoms with E-state index in [1.165, 1.54) is 38.6 Å². The first-order valence-electron chi connectivity index (χ1n) is 10.6. The van der Waals surface area contributed by atoms with Crippen LogP contribution in [0.25, 0.3) is 10.8 Å². The number of rotatable bonds is 9. The lowest BCUT2D eigenvalue weighted by Gasteiger charge is -2.12. The largest absolute Gasteiger partial charge is 0.496 e. The Morgan fingerprint density at radius 1 is 0.889 bits per heavy atom. The normalized spacial score (nSPS) is 11.4. The zero-order valence-electron chi connectivity index (χ0n) is 19.3. The molecule has 0 saturated carbocycles. The van der Waals surface area contributed by atoms with E-state index in [0.29, 0.717) is 17.1 Å². The quantitative estimate of drug-likeness (QED) is 0.185. The maximum atomic E-state index is 12.9. The van der Waals surface area contributed by atoms with Gasteiger partial charge in [-0.2, -0.15) is 5.10 Å². The highest BCUT2D eigenvalue weighted by Crippen LogP contribution is 2.31. The molecule has 0 unspecified atom stereocenters. The minimum absolute atomic E-state index is 0.0201. The SMILES string of the molecule is COc1ccccc1NS(=O)(=O)c1ccc(N/N=C\c2c(OC)ccc3ccccc23)c([N+](=O)[O-])c1. The number of benzene rings is 4. The fourth-order valence-electron chi connectivity index (χ4n) is 3.61. The summed E-state index contributed by atoms with van der Waals surface area (Å²) in [6.45, 7) is 0. The summed E-state index contributed by atoms with van der Waals surface area (Å²) in [5.74, 6) is 0.893. The van der Waals surface area contributed by atoms with E-state index in [1.807, 2.05) is 30.3 Å². The van der Waals surface area contributed by atoms with E-state index < -0.39 is 20.6 Å². The number of anilines is 2. The third-order valence-corrected chi connectivity index (χ3v) is 6.72. The number of ether oxygens (including phenoxy) is 2. The Bertz CT molecular complexity index is 1570. The maximum Gasteiger partial charge on any atom is 0.295 e. The zero-order chi connectivity index (χ0) is 25.7. The Kier molecular flexibility index (Phi) is 7.02. The molecule has 184 valence electrons. The van der Waals surface area contributed by atoms with E-state index in [1.54, 1.807) is 24.3 Å². The molecule has 0 aliphatic carbocycles. The Morgan fingerprint density at radius 3 is 2.36 bits per heavy atom. The van der Waals surface area contributed by atoms with Crippen LogP contribution in [0.5, 0.6) is 11.5 Å². The van der Waals surface area contributed by atoms with Gasteiger partial charge in [-0.3, -0.25) is 20.3 Å². The van der Waals surface area contributed by atoms with Crippen LogP contribution < -0.4 is 19.6 Å². The van der Waals surface area contributed by atoms with Crippen LogP contribution in [0, 0.1) is 10.1 Å². The molecule has 0 aromatic heterocycles. The molecule has 2 N–H and O–H groups in total. The van der Waals surface area contributed by atoms with Gasteiger partial charge in [-0.05, 0) is 41.1 Å². The van der Waals surface area contributed by atoms with Crippen LogP contribution in [0.3, 0.4) is 0 Å². The van der Waals surface area contributed by atoms with Crippen molar-refractivity contribution in [2.75, 3.05) is 24.4 Å². The first-order valence-corrected chi connectivity index (χ1v) is 12.1. The fourth-order valence-corrected chi connectivity index (χ4v) is 4.70. The monoisotopic (exact) mass is 506 g/mol. The van der Waals surface area contributed by atoms with Crippen LogP contribution in [0.2, 0.25) is 0 Å². The molecule has 0 aliphatic heterocycles. The second kappa shape index (κ2) is 10.3. The van der Waals surface area contributed by atoms with E-state index in [-0.39, 0.29) is 16.3 Å². The number of sulfonamides is 1. The number of nitro benzene ring substituents is 1. The number of nitrogens with zero attached hydrogens (tertiary/aromatic N) is 2. The van der Waals surface area contributed by atoms with Gasteiger partial charge in [0.05, 0.1) is 35.9 Å². The minimum atomic E-state index is -4.13. The summed E-state index contributed by atoms with van der Waals surface area (Å²) < 4.78 is 38.8. The number of nitrogens with one attached hydrogen (secondary N) is 2. The molecule has 10 nitrogen and oxygen atoms in total. The molecule has 0 spiro atoms. The van der Waals surface area contributed by atoms with Crippen molar-refractivity contribution in [2.45, 2.75) is 4.90 Å². The molecular weight excluding hydrogens is 484 g/mol. The summed E-state index contributed by atoms with van der Waals surface area (Å²) in [5, 5.41) is 17.7. The van der Waals surface area contributed by atoms with Gasteiger partial charge in [0.1, 0.15) is 17.2 Å². The summed E-state index contributed by atoms with van der Waals surface area (Å²) in [6.07, 6.45) is 1.50. The molecule has 4 aromatic rings. The van der Waals surface area contributed by atoms with E-state index in [9.17, 15) is 18.5 Å². The molecule has 0 fully saturated rings. The summed E-state index contributed by atoms with van der Waals surface area (Å²) >= 11 is 0. The fraction of sp³-hybridized carbons (Fsp3) is 0.0800. The second-order valence-electron chi connectivity index (χ2n) is 7.51. The Balaban J connectivity index is 1.63. The van der Waals surface area contributed by atoms with Gasteiger partial charge >= 0.3 is 0 Å². The molecule has 4 aromatic carbocycles. The summed E-state index contributed by atoms with van der Waals surface area (Å²) in [6, 6.07) is 21.3. The van der Waals surface area contributed by atoms with Crippen molar-refractivity contribution in [2.24, 2.45) is 5.10 Å². The summed E-state index contributed by atoms with van der Waals surface area (Å²) in [5.41, 5.74) is 3.10. The van der Waals surface area contributed by atoms with Crippen LogP contribution >= 0.6 is 0 Å². The Hall–Kier alpha value is -4.64. The van der Waals surface area contributed by atoms with Gasteiger partial charge in [0.2, 0.25) is 0 Å². The number of hydrogen-bond acceptors (Lipinski definition) is 8. The maximum absolute atomic E-state index is 12.9. The average molecular weight is 507 g/mol. The average Bonchev–Trinajstić information content (AvgIpc) is 2.88. The zero-order valence-corrected chi connectivity index (χ0v) is 20.2. The lowest BCUT2D eigenvalue weighted by molar-refractivity contribution is -0.384. The van der Waals surface area contributed by atoms with Gasteiger partial charge in [0.15, 0.2) is 0 Å². The first-order chi connectivity index (χ1) is 17.3. The predicted molar refractivity (Wildman–Crippen MR) is 139 cm³/mol. The molecule has 0 saturated heterocycles. The third kappa shape index (κ3) is 5.05. The van der Waals surface area contributed by atoms with Gasteiger partial charge in [0.25, 0.3) is 15.7 Å². The number of para-hydroxylation sites is 2. The van der Waals surface area contributed by atoms with Crippen molar-refractivity contribution < 1.29 is 22.8 Å². The standard InChI is InChI=1S/C25H22N4O6S/c1-34-24-14-11-17-7-3-4-8-19(17)20(24)16-26-27-21-13-12-18(15-23(21)29(30)31)36(32,33)28-22-9-5-6-10-25(22)35-2/h3-16,27-28H,1-2H3/b26-16-. The van der Waals surface area contributed by atoms with Crippen molar-refractivity contribution >= 4 is 44.1 Å². The lowest BCUT2D eigenvalue weighted by atomic mass is 10.0. The van der Waals surface area contributed by atoms with Crippen LogP contribution in [0.15, 0.2) is 88.9 Å². The molecular formula is C25H22N4O6S. The molecule has 0 bridgehead atoms. The van der Waals surface area contributed by atoms with Gasteiger partial charge in [-0.1, -0.05) is 42.5 Å². The predicted octanol–water partition coefficient (Wildman–Crippen LogP) is 5.01. The molecule has 11 heteroatoms. The van der Waals surface area contributed by atoms with Gasteiger partial charge in [-0.15, -0.1) is 0 Å². The van der Waals surface area contributed by atoms with Crippen LogP contribution in [-0.4, -0.2) is 33.8 Å². The van der Waals surface area contributed by atoms with Crippen molar-refractivity contribution in [3.05, 3.63) is 94.5 Å². The smallest absolute Gasteiger partial charge is 0.295 e. The number of hydrogen-bond donors (Lipinski definition) is 2. The van der Waals surface area contributed by atoms with Crippen LogP contribution in [-0.2, 0) is 10.0 Å². The topological polar surface area (TPSA) is 132 Å². The second-order valence-corrected chi connectivity index (χ2v) is 9.20. The van der Waals surface area contributed by atoms with E-state index in [4.69, 9.17) is 9.47 Å². The number of hydrazone groups is 1. The highest BCUT2D eigenvalue weighted by atomic mass is 32.2. The van der Waals surface area contributed by atoms with Crippen LogP contribution in [0.4, 0.5) is 17.1 Å². The molecule has 0 heterocycles. The Labute approximate surface area is 207 Å². The number of methoxy groups -OCH3 is 2. The van der Waals surface area contributed by atoms with Gasteiger partial charge < -0.3 is 9.47 Å². The lowest BCUT2D eigenvalue weighted by Crippen LogP contribution is -2.14. The molecule has 0 amide bonds. The highest BCUT2D eigenvalue weighted by molar-refractivity contribution is 7.92. The summed E-state index contributed by atoms with van der Waals surface area (Å²) in [7, 11) is -1.18. The molecule has 0 aliphatic rings. The van der Waals surface area contributed by atoms with Gasteiger partial charge in [-0.25, -0.2) is 8.42 Å². The van der Waals surface area contributed by atoms with Crippen molar-refractivity contribution in [3.63, 3.8) is 0 Å². The van der Waals surface area contributed by atoms with Crippen molar-refractivity contribution in [1.29, 1.82) is 0 Å². The first kappa shape index (κ1) is 24.5. The minimum Gasteiger partial charge on any atom is -0.496 e. The van der Waals surface area contributed by atoms with E-state index in [0.717, 1.165) is 16.8 Å². The van der Waals surface area contributed by atoms with Crippen molar-refractivity contribution in [1.82, 2.24) is 0 Å². The molecule has 4 rings (SSSR count).